The molecule has 0 saturated heterocycles. The van der Waals surface area contributed by atoms with Gasteiger partial charge in [0, 0.05) is 5.56 Å². The average molecular weight is 224 g/mol. The van der Waals surface area contributed by atoms with Gasteiger partial charge in [0.15, 0.2) is 11.5 Å². The van der Waals surface area contributed by atoms with Gasteiger partial charge in [0.2, 0.25) is 0 Å². The first-order chi connectivity index (χ1) is 7.50. The van der Waals surface area contributed by atoms with Gasteiger partial charge in [-0.05, 0) is 33.8 Å². The summed E-state index contributed by atoms with van der Waals surface area (Å²) in [6.07, 6.45) is 0. The van der Waals surface area contributed by atoms with Crippen molar-refractivity contribution in [3.63, 3.8) is 0 Å². The Kier molecular flexibility index (Phi) is 4.19. The van der Waals surface area contributed by atoms with Gasteiger partial charge in [-0.1, -0.05) is 12.1 Å². The summed E-state index contributed by atoms with van der Waals surface area (Å²) in [6.45, 7) is 8.44. The van der Waals surface area contributed by atoms with Crippen molar-refractivity contribution < 1.29 is 14.6 Å². The van der Waals surface area contributed by atoms with Gasteiger partial charge in [-0.25, -0.2) is 0 Å². The summed E-state index contributed by atoms with van der Waals surface area (Å²) in [5, 5.41) is 10.1. The number of aliphatic hydroxyl groups is 1. The molecule has 0 heterocycles. The Bertz CT molecular complexity index is 340. The summed E-state index contributed by atoms with van der Waals surface area (Å²) in [6, 6.07) is 5.57. The maximum atomic E-state index is 10.1. The number of hydrogen-bond acceptors (Lipinski definition) is 3. The van der Waals surface area contributed by atoms with Crippen LogP contribution in [0, 0.1) is 0 Å². The zero-order valence-electron chi connectivity index (χ0n) is 10.4. The van der Waals surface area contributed by atoms with E-state index in [0.29, 0.717) is 24.7 Å². The van der Waals surface area contributed by atoms with Crippen LogP contribution in [0.4, 0.5) is 0 Å². The predicted molar refractivity (Wildman–Crippen MR) is 64.0 cm³/mol. The maximum Gasteiger partial charge on any atom is 0.167 e. The fourth-order valence-electron chi connectivity index (χ4n) is 1.56. The smallest absolute Gasteiger partial charge is 0.167 e. The highest BCUT2D eigenvalue weighted by molar-refractivity contribution is 5.48. The van der Waals surface area contributed by atoms with Gasteiger partial charge in [0.25, 0.3) is 0 Å². The van der Waals surface area contributed by atoms with Gasteiger partial charge in [-0.3, -0.25) is 0 Å². The standard InChI is InChI=1S/C13H20O3/c1-5-15-11-9-7-8-10(13(3,4)14)12(11)16-6-2/h7-9,14H,5-6H2,1-4H3. The lowest BCUT2D eigenvalue weighted by atomic mass is 9.97. The molecule has 3 nitrogen and oxygen atoms in total. The SMILES string of the molecule is CCOc1cccc(C(C)(C)O)c1OCC. The molecule has 0 amide bonds. The fourth-order valence-corrected chi connectivity index (χ4v) is 1.56. The monoisotopic (exact) mass is 224 g/mol. The van der Waals surface area contributed by atoms with Crippen LogP contribution in [0.5, 0.6) is 11.5 Å². The summed E-state index contributed by atoms with van der Waals surface area (Å²) in [5.74, 6) is 1.32. The minimum absolute atomic E-state index is 0.549. The van der Waals surface area contributed by atoms with Crippen molar-refractivity contribution in [3.8, 4) is 11.5 Å². The molecule has 0 aromatic heterocycles. The Morgan fingerprint density at radius 2 is 1.75 bits per heavy atom. The third-order valence-corrected chi connectivity index (χ3v) is 2.23. The van der Waals surface area contributed by atoms with Crippen molar-refractivity contribution in [2.24, 2.45) is 0 Å². The Labute approximate surface area is 97.0 Å². The molecule has 0 bridgehead atoms. The second-order valence-corrected chi connectivity index (χ2v) is 4.06. The molecule has 0 radical (unpaired) electrons. The maximum absolute atomic E-state index is 10.1. The fraction of sp³-hybridized carbons (Fsp3) is 0.538. The summed E-state index contributed by atoms with van der Waals surface area (Å²) in [7, 11) is 0. The number of para-hydroxylation sites is 1. The first-order valence-electron chi connectivity index (χ1n) is 5.62. The first-order valence-corrected chi connectivity index (χ1v) is 5.62. The molecule has 0 atom stereocenters. The van der Waals surface area contributed by atoms with E-state index >= 15 is 0 Å². The highest BCUT2D eigenvalue weighted by atomic mass is 16.5. The molecule has 0 fully saturated rings. The number of hydrogen-bond donors (Lipinski definition) is 1. The molecule has 0 aliphatic carbocycles. The molecule has 0 unspecified atom stereocenters. The molecule has 0 aliphatic rings. The third-order valence-electron chi connectivity index (χ3n) is 2.23. The second-order valence-electron chi connectivity index (χ2n) is 4.06. The molecule has 1 rings (SSSR count). The summed E-state index contributed by atoms with van der Waals surface area (Å²) in [5.41, 5.74) is -0.183. The molecule has 0 spiro atoms. The lowest BCUT2D eigenvalue weighted by Gasteiger charge is -2.23. The molecule has 1 N–H and O–H groups in total. The van der Waals surface area contributed by atoms with Crippen LogP contribution < -0.4 is 9.47 Å². The molecule has 1 aromatic rings. The molecular formula is C13H20O3. The average Bonchev–Trinajstić information content (AvgIpc) is 2.19. The highest BCUT2D eigenvalue weighted by Gasteiger charge is 2.23. The van der Waals surface area contributed by atoms with E-state index in [1.807, 2.05) is 32.0 Å². The van der Waals surface area contributed by atoms with Gasteiger partial charge in [-0.2, -0.15) is 0 Å². The van der Waals surface area contributed by atoms with Crippen molar-refractivity contribution in [3.05, 3.63) is 23.8 Å². The minimum Gasteiger partial charge on any atom is -0.490 e. The van der Waals surface area contributed by atoms with E-state index < -0.39 is 5.60 Å². The summed E-state index contributed by atoms with van der Waals surface area (Å²) in [4.78, 5) is 0. The van der Waals surface area contributed by atoms with Crippen LogP contribution in [0.15, 0.2) is 18.2 Å². The van der Waals surface area contributed by atoms with E-state index in [4.69, 9.17) is 9.47 Å². The van der Waals surface area contributed by atoms with Crippen molar-refractivity contribution >= 4 is 0 Å². The van der Waals surface area contributed by atoms with Crippen LogP contribution in [0.25, 0.3) is 0 Å². The zero-order valence-corrected chi connectivity index (χ0v) is 10.4. The Hall–Kier alpha value is -1.22. The molecule has 0 aliphatic heterocycles. The van der Waals surface area contributed by atoms with Crippen LogP contribution in [-0.2, 0) is 5.60 Å². The van der Waals surface area contributed by atoms with E-state index in [0.717, 1.165) is 5.56 Å². The van der Waals surface area contributed by atoms with Crippen molar-refractivity contribution in [2.75, 3.05) is 13.2 Å². The molecular weight excluding hydrogens is 204 g/mol. The second kappa shape index (κ2) is 5.21. The first kappa shape index (κ1) is 12.8. The van der Waals surface area contributed by atoms with Crippen molar-refractivity contribution in [1.82, 2.24) is 0 Å². The molecule has 3 heteroatoms. The number of benzene rings is 1. The van der Waals surface area contributed by atoms with E-state index in [-0.39, 0.29) is 0 Å². The lowest BCUT2D eigenvalue weighted by molar-refractivity contribution is 0.0742. The van der Waals surface area contributed by atoms with Gasteiger partial charge in [-0.15, -0.1) is 0 Å². The van der Waals surface area contributed by atoms with E-state index in [1.165, 1.54) is 0 Å². The van der Waals surface area contributed by atoms with Crippen LogP contribution in [0.3, 0.4) is 0 Å². The highest BCUT2D eigenvalue weighted by Crippen LogP contribution is 2.37. The van der Waals surface area contributed by atoms with E-state index in [9.17, 15) is 5.11 Å². The van der Waals surface area contributed by atoms with Gasteiger partial charge in [0.1, 0.15) is 0 Å². The Morgan fingerprint density at radius 1 is 1.12 bits per heavy atom. The third kappa shape index (κ3) is 2.89. The number of ether oxygens (including phenoxy) is 2. The molecule has 0 saturated carbocycles. The van der Waals surface area contributed by atoms with E-state index in [2.05, 4.69) is 0 Å². The van der Waals surface area contributed by atoms with Crippen LogP contribution in [0.1, 0.15) is 33.3 Å². The quantitative estimate of drug-likeness (QED) is 0.835. The number of rotatable bonds is 5. The lowest BCUT2D eigenvalue weighted by Crippen LogP contribution is -2.17. The normalized spacial score (nSPS) is 11.3. The Balaban J connectivity index is 3.21. The minimum atomic E-state index is -0.933. The topological polar surface area (TPSA) is 38.7 Å². The van der Waals surface area contributed by atoms with Crippen LogP contribution in [0.2, 0.25) is 0 Å². The molecule has 90 valence electrons. The van der Waals surface area contributed by atoms with Gasteiger partial charge >= 0.3 is 0 Å². The summed E-state index contributed by atoms with van der Waals surface area (Å²) < 4.78 is 11.1. The summed E-state index contributed by atoms with van der Waals surface area (Å²) >= 11 is 0. The largest absolute Gasteiger partial charge is 0.490 e. The molecule has 1 aromatic carbocycles. The van der Waals surface area contributed by atoms with Crippen LogP contribution in [-0.4, -0.2) is 18.3 Å². The van der Waals surface area contributed by atoms with Crippen molar-refractivity contribution in [2.45, 2.75) is 33.3 Å². The predicted octanol–water partition coefficient (Wildman–Crippen LogP) is 2.71. The van der Waals surface area contributed by atoms with Crippen molar-refractivity contribution in [1.29, 1.82) is 0 Å². The van der Waals surface area contributed by atoms with Gasteiger partial charge < -0.3 is 14.6 Å². The Morgan fingerprint density at radius 3 is 2.25 bits per heavy atom. The van der Waals surface area contributed by atoms with Gasteiger partial charge in [0.05, 0.1) is 18.8 Å². The van der Waals surface area contributed by atoms with E-state index in [1.54, 1.807) is 13.8 Å². The zero-order chi connectivity index (χ0) is 12.2. The molecule has 16 heavy (non-hydrogen) atoms. The van der Waals surface area contributed by atoms with Crippen LogP contribution >= 0.6 is 0 Å².